The van der Waals surface area contributed by atoms with E-state index in [1.807, 2.05) is 0 Å². The Morgan fingerprint density at radius 3 is 1.23 bits per heavy atom. The van der Waals surface area contributed by atoms with Gasteiger partial charge in [0.15, 0.2) is 0 Å². The summed E-state index contributed by atoms with van der Waals surface area (Å²) >= 11 is 0. The molecule has 0 heterocycles. The Morgan fingerprint density at radius 1 is 1.08 bits per heavy atom. The number of amides is 2. The summed E-state index contributed by atoms with van der Waals surface area (Å²) in [4.78, 5) is 13.8. The summed E-state index contributed by atoms with van der Waals surface area (Å²) in [7, 11) is 3.23. The van der Waals surface area contributed by atoms with Gasteiger partial charge in [-0.1, -0.05) is 0 Å². The number of carbonyl (C=O) groups is 1. The Bertz CT molecular complexity index is 227. The lowest BCUT2D eigenvalue weighted by Crippen LogP contribution is -2.33. The number of urea groups is 1. The van der Waals surface area contributed by atoms with Crippen molar-refractivity contribution >= 4 is 16.1 Å². The first-order valence-corrected chi connectivity index (χ1v) is 5.21. The first-order valence-electron chi connectivity index (χ1n) is 3.36. The first kappa shape index (κ1) is 14.7. The van der Waals surface area contributed by atoms with Crippen molar-refractivity contribution in [3.63, 3.8) is 0 Å². The lowest BCUT2D eigenvalue weighted by atomic mass is 10.7. The van der Waals surface area contributed by atoms with E-state index in [9.17, 15) is 13.2 Å². The van der Waals surface area contributed by atoms with Crippen molar-refractivity contribution in [1.29, 1.82) is 0 Å². The van der Waals surface area contributed by atoms with Crippen LogP contribution in [0.4, 0.5) is 4.79 Å². The third kappa shape index (κ3) is 18.3. The zero-order valence-electron chi connectivity index (χ0n) is 8.47. The molecule has 7 heteroatoms. The van der Waals surface area contributed by atoms with Gasteiger partial charge in [0.25, 0.3) is 10.1 Å². The number of rotatable bonds is 0. The molecule has 80 valence electrons. The molecule has 0 saturated heterocycles. The molecule has 0 atom stereocenters. The first-order chi connectivity index (χ1) is 5.55. The van der Waals surface area contributed by atoms with Crippen LogP contribution >= 0.6 is 0 Å². The van der Waals surface area contributed by atoms with Crippen molar-refractivity contribution in [1.82, 2.24) is 9.80 Å². The average molecular weight is 212 g/mol. The van der Waals surface area contributed by atoms with Crippen molar-refractivity contribution in [2.24, 2.45) is 0 Å². The topological polar surface area (TPSA) is 77.9 Å². The van der Waals surface area contributed by atoms with E-state index in [1.165, 1.54) is 9.80 Å². The molecular formula is C6H16N2O4S. The molecule has 0 fully saturated rings. The predicted molar refractivity (Wildman–Crippen MR) is 50.2 cm³/mol. The van der Waals surface area contributed by atoms with E-state index >= 15 is 0 Å². The molecule has 0 saturated carbocycles. The third-order valence-electron chi connectivity index (χ3n) is 0.765. The second kappa shape index (κ2) is 5.76. The monoisotopic (exact) mass is 212 g/mol. The normalized spacial score (nSPS) is 9.69. The zero-order chi connectivity index (χ0) is 11.2. The highest BCUT2D eigenvalue weighted by atomic mass is 32.2. The molecular weight excluding hydrogens is 196 g/mol. The van der Waals surface area contributed by atoms with Crippen LogP contribution < -0.4 is 0 Å². The summed E-state index contributed by atoms with van der Waals surface area (Å²) in [5.74, 6) is 0. The van der Waals surface area contributed by atoms with Gasteiger partial charge in [-0.15, -0.1) is 0 Å². The molecule has 0 spiro atoms. The highest BCUT2D eigenvalue weighted by Crippen LogP contribution is 1.83. The van der Waals surface area contributed by atoms with Crippen LogP contribution in [0.5, 0.6) is 0 Å². The minimum atomic E-state index is -3.67. The van der Waals surface area contributed by atoms with Gasteiger partial charge in [-0.05, 0) is 0 Å². The van der Waals surface area contributed by atoms with E-state index in [2.05, 4.69) is 0 Å². The number of hydrogen-bond donors (Lipinski definition) is 1. The molecule has 1 N–H and O–H groups in total. The summed E-state index contributed by atoms with van der Waals surface area (Å²) in [5.41, 5.74) is 0. The van der Waals surface area contributed by atoms with E-state index in [-0.39, 0.29) is 6.03 Å². The summed E-state index contributed by atoms with van der Waals surface area (Å²) in [6.07, 6.45) is 0.715. The predicted octanol–water partition coefficient (Wildman–Crippen LogP) is -0.266. The summed E-state index contributed by atoms with van der Waals surface area (Å²) in [5, 5.41) is 0. The SMILES string of the molecule is CN(C)C(=O)N(C)C.CS(=O)(=O)O. The largest absolute Gasteiger partial charge is 0.331 e. The van der Waals surface area contributed by atoms with Crippen LogP contribution in [0.25, 0.3) is 0 Å². The minimum absolute atomic E-state index is 0.0185. The van der Waals surface area contributed by atoms with Gasteiger partial charge in [-0.3, -0.25) is 4.55 Å². The molecule has 2 amide bonds. The van der Waals surface area contributed by atoms with Crippen LogP contribution in [0.1, 0.15) is 0 Å². The third-order valence-corrected chi connectivity index (χ3v) is 0.765. The molecule has 0 bridgehead atoms. The van der Waals surface area contributed by atoms with Gasteiger partial charge in [0.1, 0.15) is 0 Å². The molecule has 0 rings (SSSR count). The zero-order valence-corrected chi connectivity index (χ0v) is 9.29. The van der Waals surface area contributed by atoms with E-state index < -0.39 is 10.1 Å². The summed E-state index contributed by atoms with van der Waals surface area (Å²) < 4.78 is 25.9. The maximum Gasteiger partial charge on any atom is 0.318 e. The van der Waals surface area contributed by atoms with Crippen molar-refractivity contribution in [3.05, 3.63) is 0 Å². The average Bonchev–Trinajstić information content (AvgIpc) is 1.81. The highest BCUT2D eigenvalue weighted by Gasteiger charge is 2.02. The van der Waals surface area contributed by atoms with E-state index in [4.69, 9.17) is 4.55 Å². The molecule has 0 aliphatic carbocycles. The van der Waals surface area contributed by atoms with E-state index in [0.29, 0.717) is 6.26 Å². The fourth-order valence-corrected chi connectivity index (χ4v) is 0.400. The lowest BCUT2D eigenvalue weighted by molar-refractivity contribution is 0.191. The van der Waals surface area contributed by atoms with Crippen LogP contribution in [0.15, 0.2) is 0 Å². The van der Waals surface area contributed by atoms with Crippen molar-refractivity contribution in [2.45, 2.75) is 0 Å². The molecule has 0 unspecified atom stereocenters. The fourth-order valence-electron chi connectivity index (χ4n) is 0.400. The molecule has 0 aliphatic rings. The van der Waals surface area contributed by atoms with Gasteiger partial charge < -0.3 is 9.80 Å². The van der Waals surface area contributed by atoms with Crippen molar-refractivity contribution in [2.75, 3.05) is 34.4 Å². The van der Waals surface area contributed by atoms with Gasteiger partial charge >= 0.3 is 6.03 Å². The molecule has 0 aliphatic heterocycles. The molecule has 6 nitrogen and oxygen atoms in total. The Labute approximate surface area is 78.9 Å². The van der Waals surface area contributed by atoms with Crippen LogP contribution in [0.3, 0.4) is 0 Å². The van der Waals surface area contributed by atoms with Crippen LogP contribution in [0.2, 0.25) is 0 Å². The smallest absolute Gasteiger partial charge is 0.318 e. The van der Waals surface area contributed by atoms with Crippen LogP contribution in [0, 0.1) is 0 Å². The van der Waals surface area contributed by atoms with Gasteiger partial charge in [0.05, 0.1) is 6.26 Å². The van der Waals surface area contributed by atoms with E-state index in [1.54, 1.807) is 28.2 Å². The van der Waals surface area contributed by atoms with Crippen LogP contribution in [-0.2, 0) is 10.1 Å². The lowest BCUT2D eigenvalue weighted by Gasteiger charge is -2.16. The maximum absolute atomic E-state index is 10.7. The molecule has 0 aromatic carbocycles. The number of hydrogen-bond acceptors (Lipinski definition) is 3. The number of carbonyl (C=O) groups excluding carboxylic acids is 1. The van der Waals surface area contributed by atoms with Gasteiger partial charge in [0.2, 0.25) is 0 Å². The van der Waals surface area contributed by atoms with Gasteiger partial charge in [-0.25, -0.2) is 4.79 Å². The highest BCUT2D eigenvalue weighted by molar-refractivity contribution is 7.85. The second-order valence-electron chi connectivity index (χ2n) is 2.80. The quantitative estimate of drug-likeness (QED) is 0.561. The van der Waals surface area contributed by atoms with Crippen molar-refractivity contribution < 1.29 is 17.8 Å². The standard InChI is InChI=1S/C5H12N2O.CH4O3S/c1-6(2)5(8)7(3)4;1-5(2,3)4/h1-4H3;1H3,(H,2,3,4). The maximum atomic E-state index is 10.7. The Balaban J connectivity index is 0. The summed E-state index contributed by atoms with van der Waals surface area (Å²) in [6, 6.07) is 0.0185. The van der Waals surface area contributed by atoms with Crippen LogP contribution in [-0.4, -0.2) is 63.2 Å². The second-order valence-corrected chi connectivity index (χ2v) is 4.27. The van der Waals surface area contributed by atoms with Gasteiger partial charge in [-0.2, -0.15) is 8.42 Å². The molecule has 13 heavy (non-hydrogen) atoms. The Hall–Kier alpha value is -0.820. The number of nitrogens with zero attached hydrogens (tertiary/aromatic N) is 2. The Morgan fingerprint density at radius 2 is 1.23 bits per heavy atom. The fraction of sp³-hybridized carbons (Fsp3) is 0.833. The van der Waals surface area contributed by atoms with Gasteiger partial charge in [0, 0.05) is 28.2 Å². The minimum Gasteiger partial charge on any atom is -0.331 e. The Kier molecular flexibility index (Phi) is 6.51. The molecule has 0 aromatic heterocycles. The van der Waals surface area contributed by atoms with E-state index in [0.717, 1.165) is 0 Å². The molecule has 0 radical (unpaired) electrons. The molecule has 0 aromatic rings. The summed E-state index contributed by atoms with van der Waals surface area (Å²) in [6.45, 7) is 0. The van der Waals surface area contributed by atoms with Crippen molar-refractivity contribution in [3.8, 4) is 0 Å².